The molecular weight excluding hydrogens is 322 g/mol. The van der Waals surface area contributed by atoms with Gasteiger partial charge in [0.1, 0.15) is 0 Å². The van der Waals surface area contributed by atoms with Crippen molar-refractivity contribution in [3.63, 3.8) is 0 Å². The van der Waals surface area contributed by atoms with Crippen LogP contribution in [0.25, 0.3) is 0 Å². The van der Waals surface area contributed by atoms with Gasteiger partial charge in [-0.05, 0) is 57.2 Å². The molecule has 5 nitrogen and oxygen atoms in total. The van der Waals surface area contributed by atoms with Crippen molar-refractivity contribution in [1.82, 2.24) is 15.5 Å². The van der Waals surface area contributed by atoms with E-state index in [-0.39, 0.29) is 0 Å². The number of aliphatic imine (C=N–C) groups is 1. The van der Waals surface area contributed by atoms with Crippen LogP contribution < -0.4 is 15.5 Å². The molecule has 1 saturated carbocycles. The van der Waals surface area contributed by atoms with Crippen molar-refractivity contribution in [2.24, 2.45) is 10.9 Å². The largest absolute Gasteiger partial charge is 0.369 e. The molecule has 3 fully saturated rings. The van der Waals surface area contributed by atoms with E-state index >= 15 is 0 Å². The van der Waals surface area contributed by atoms with E-state index in [0.717, 1.165) is 50.5 Å². The highest BCUT2D eigenvalue weighted by molar-refractivity contribution is 5.80. The van der Waals surface area contributed by atoms with Crippen molar-refractivity contribution in [2.75, 3.05) is 44.2 Å². The van der Waals surface area contributed by atoms with Gasteiger partial charge < -0.3 is 20.4 Å². The second-order valence-corrected chi connectivity index (χ2v) is 8.01. The molecule has 26 heavy (non-hydrogen) atoms. The van der Waals surface area contributed by atoms with E-state index in [9.17, 15) is 0 Å². The summed E-state index contributed by atoms with van der Waals surface area (Å²) >= 11 is 0. The van der Waals surface area contributed by atoms with Crippen LogP contribution in [0.5, 0.6) is 0 Å². The molecule has 0 radical (unpaired) electrons. The zero-order valence-corrected chi connectivity index (χ0v) is 16.0. The minimum atomic E-state index is 0.472. The van der Waals surface area contributed by atoms with Crippen LogP contribution in [0.15, 0.2) is 35.3 Å². The molecule has 1 aromatic carbocycles. The van der Waals surface area contributed by atoms with Crippen LogP contribution in [0.2, 0.25) is 0 Å². The molecule has 2 aliphatic heterocycles. The molecule has 0 bridgehead atoms. The number of rotatable bonds is 6. The Labute approximate surface area is 157 Å². The number of benzene rings is 1. The van der Waals surface area contributed by atoms with Crippen molar-refractivity contribution >= 4 is 11.6 Å². The summed E-state index contributed by atoms with van der Waals surface area (Å²) in [6.07, 6.45) is 5.31. The molecule has 2 atom stereocenters. The topological polar surface area (TPSA) is 42.9 Å². The first-order valence-corrected chi connectivity index (χ1v) is 10.4. The maximum atomic E-state index is 4.92. The molecule has 5 heteroatoms. The standard InChI is InChI=1S/C21H33N5/c1-2-22-21(23-14-17-10-12-25(15-17)20-8-9-20)24-18-11-13-26(16-18)19-6-4-3-5-7-19/h3-7,17-18,20H,2,8-16H2,1H3,(H2,22,23,24). The molecule has 2 N–H and O–H groups in total. The first-order chi connectivity index (χ1) is 12.8. The van der Waals surface area contributed by atoms with Crippen molar-refractivity contribution < 1.29 is 0 Å². The van der Waals surface area contributed by atoms with Gasteiger partial charge >= 0.3 is 0 Å². The lowest BCUT2D eigenvalue weighted by molar-refractivity contribution is 0.315. The molecule has 1 aromatic rings. The predicted molar refractivity (Wildman–Crippen MR) is 109 cm³/mol. The average molecular weight is 356 g/mol. The van der Waals surface area contributed by atoms with Crippen LogP contribution in [0.4, 0.5) is 5.69 Å². The van der Waals surface area contributed by atoms with Crippen LogP contribution in [0.1, 0.15) is 32.6 Å². The van der Waals surface area contributed by atoms with Crippen molar-refractivity contribution in [1.29, 1.82) is 0 Å². The summed E-state index contributed by atoms with van der Waals surface area (Å²) in [5, 5.41) is 7.11. The molecule has 2 heterocycles. The first-order valence-electron chi connectivity index (χ1n) is 10.4. The van der Waals surface area contributed by atoms with E-state index < -0.39 is 0 Å². The summed E-state index contributed by atoms with van der Waals surface area (Å²) in [5.41, 5.74) is 1.32. The van der Waals surface area contributed by atoms with Gasteiger partial charge in [-0.3, -0.25) is 4.99 Å². The van der Waals surface area contributed by atoms with Crippen LogP contribution in [-0.4, -0.2) is 62.2 Å². The van der Waals surface area contributed by atoms with E-state index in [1.54, 1.807) is 0 Å². The van der Waals surface area contributed by atoms with Crippen LogP contribution in [-0.2, 0) is 0 Å². The summed E-state index contributed by atoms with van der Waals surface area (Å²) in [6.45, 7) is 8.70. The van der Waals surface area contributed by atoms with Gasteiger partial charge in [-0.25, -0.2) is 0 Å². The zero-order valence-electron chi connectivity index (χ0n) is 16.0. The van der Waals surface area contributed by atoms with Gasteiger partial charge in [-0.1, -0.05) is 18.2 Å². The SMILES string of the molecule is CCNC(=NCC1CCN(C2CC2)C1)NC1CCN(c2ccccc2)C1. The van der Waals surface area contributed by atoms with E-state index in [1.807, 2.05) is 0 Å². The monoisotopic (exact) mass is 355 g/mol. The molecule has 4 rings (SSSR count). The fraction of sp³-hybridized carbons (Fsp3) is 0.667. The normalized spacial score (nSPS) is 27.1. The van der Waals surface area contributed by atoms with Crippen molar-refractivity contribution in [3.05, 3.63) is 30.3 Å². The molecule has 0 amide bonds. The van der Waals surface area contributed by atoms with Gasteiger partial charge in [-0.15, -0.1) is 0 Å². The Hall–Kier alpha value is -1.75. The second kappa shape index (κ2) is 8.30. The second-order valence-electron chi connectivity index (χ2n) is 8.01. The maximum absolute atomic E-state index is 4.92. The Morgan fingerprint density at radius 3 is 2.69 bits per heavy atom. The van der Waals surface area contributed by atoms with E-state index in [1.165, 1.54) is 38.0 Å². The molecular formula is C21H33N5. The van der Waals surface area contributed by atoms with E-state index in [4.69, 9.17) is 4.99 Å². The van der Waals surface area contributed by atoms with Gasteiger partial charge in [0.2, 0.25) is 0 Å². The third-order valence-electron chi connectivity index (χ3n) is 5.88. The smallest absolute Gasteiger partial charge is 0.191 e. The summed E-state index contributed by atoms with van der Waals surface area (Å²) < 4.78 is 0. The number of nitrogens with one attached hydrogen (secondary N) is 2. The van der Waals surface area contributed by atoms with E-state index in [0.29, 0.717) is 6.04 Å². The van der Waals surface area contributed by atoms with Crippen LogP contribution >= 0.6 is 0 Å². The fourth-order valence-corrected chi connectivity index (χ4v) is 4.27. The van der Waals surface area contributed by atoms with Crippen LogP contribution in [0, 0.1) is 5.92 Å². The molecule has 2 saturated heterocycles. The molecule has 142 valence electrons. The Bertz CT molecular complexity index is 598. The zero-order chi connectivity index (χ0) is 17.8. The van der Waals surface area contributed by atoms with Crippen LogP contribution in [0.3, 0.4) is 0 Å². The van der Waals surface area contributed by atoms with Gasteiger partial charge in [0, 0.05) is 50.5 Å². The quantitative estimate of drug-likeness (QED) is 0.607. The van der Waals surface area contributed by atoms with Crippen molar-refractivity contribution in [3.8, 4) is 0 Å². The maximum Gasteiger partial charge on any atom is 0.191 e. The molecule has 0 spiro atoms. The number of hydrogen-bond donors (Lipinski definition) is 2. The third kappa shape index (κ3) is 4.50. The molecule has 1 aliphatic carbocycles. The number of likely N-dealkylation sites (tertiary alicyclic amines) is 1. The number of hydrogen-bond acceptors (Lipinski definition) is 3. The molecule has 3 aliphatic rings. The van der Waals surface area contributed by atoms with Gasteiger partial charge in [0.15, 0.2) is 5.96 Å². The van der Waals surface area contributed by atoms with Gasteiger partial charge in [0.05, 0.1) is 0 Å². The lowest BCUT2D eigenvalue weighted by Crippen LogP contribution is -2.45. The van der Waals surface area contributed by atoms with Gasteiger partial charge in [0.25, 0.3) is 0 Å². The highest BCUT2D eigenvalue weighted by atomic mass is 15.2. The third-order valence-corrected chi connectivity index (χ3v) is 5.88. The Kier molecular flexibility index (Phi) is 5.63. The first kappa shape index (κ1) is 17.7. The van der Waals surface area contributed by atoms with E-state index in [2.05, 4.69) is 57.7 Å². The molecule has 0 aromatic heterocycles. The summed E-state index contributed by atoms with van der Waals surface area (Å²) in [6, 6.07) is 12.1. The lowest BCUT2D eigenvalue weighted by Gasteiger charge is -2.20. The Morgan fingerprint density at radius 2 is 1.92 bits per heavy atom. The lowest BCUT2D eigenvalue weighted by atomic mass is 10.1. The molecule has 2 unspecified atom stereocenters. The summed E-state index contributed by atoms with van der Waals surface area (Å²) in [4.78, 5) is 10.1. The van der Waals surface area contributed by atoms with Gasteiger partial charge in [-0.2, -0.15) is 0 Å². The summed E-state index contributed by atoms with van der Waals surface area (Å²) in [7, 11) is 0. The Balaban J connectivity index is 1.28. The summed E-state index contributed by atoms with van der Waals surface area (Å²) in [5.74, 6) is 1.73. The number of anilines is 1. The highest BCUT2D eigenvalue weighted by Crippen LogP contribution is 2.31. The predicted octanol–water partition coefficient (Wildman–Crippen LogP) is 2.30. The minimum absolute atomic E-state index is 0.472. The fourth-order valence-electron chi connectivity index (χ4n) is 4.27. The number of nitrogens with zero attached hydrogens (tertiary/aromatic N) is 3. The number of para-hydroxylation sites is 1. The van der Waals surface area contributed by atoms with Crippen molar-refractivity contribution in [2.45, 2.75) is 44.7 Å². The number of guanidine groups is 1. The Morgan fingerprint density at radius 1 is 1.08 bits per heavy atom. The minimum Gasteiger partial charge on any atom is -0.369 e. The highest BCUT2D eigenvalue weighted by Gasteiger charge is 2.34. The average Bonchev–Trinajstić information content (AvgIpc) is 3.23.